The molecule has 0 spiro atoms. The predicted octanol–water partition coefficient (Wildman–Crippen LogP) is 3.80. The standard InChI is InChI=1S/C36H48N6O5S/c1-39(2)48(45,46)38-34(43)26-12-15-30-31(18-26)41(23-36(16-17-36)35(44)42-27-19-37-20-28(42)22-40(3)21-27)33(25-10-13-29(47-4)14-11-25)32(30)24-8-6-5-7-9-24/h10-15,18,24,27-28,37H,5-9,16-17,19-23H2,1-4H3,(H,38,43). The summed E-state index contributed by atoms with van der Waals surface area (Å²) in [6, 6.07) is 13.9. The molecule has 2 atom stereocenters. The highest BCUT2D eigenvalue weighted by molar-refractivity contribution is 7.87. The molecular weight excluding hydrogens is 628 g/mol. The molecule has 2 N–H and O–H groups in total. The molecule has 0 radical (unpaired) electrons. The van der Waals surface area contributed by atoms with Gasteiger partial charge in [0.05, 0.1) is 30.3 Å². The third kappa shape index (κ3) is 6.01. The number of methoxy groups -OCH3 is 1. The van der Waals surface area contributed by atoms with Crippen molar-refractivity contribution in [1.82, 2.24) is 28.7 Å². The topological polar surface area (TPSA) is 116 Å². The molecule has 48 heavy (non-hydrogen) atoms. The molecular formula is C36H48N6O5S. The predicted molar refractivity (Wildman–Crippen MR) is 186 cm³/mol. The van der Waals surface area contributed by atoms with Crippen LogP contribution in [0, 0.1) is 5.41 Å². The van der Waals surface area contributed by atoms with Gasteiger partial charge in [-0.25, -0.2) is 4.72 Å². The van der Waals surface area contributed by atoms with E-state index in [1.165, 1.54) is 26.1 Å². The average molecular weight is 677 g/mol. The Morgan fingerprint density at radius 3 is 2.27 bits per heavy atom. The fraction of sp³-hybridized carbons (Fsp3) is 0.556. The number of ether oxygens (including phenoxy) is 1. The summed E-state index contributed by atoms with van der Waals surface area (Å²) in [6.07, 6.45) is 7.31. The zero-order chi connectivity index (χ0) is 33.8. The van der Waals surface area contributed by atoms with Gasteiger partial charge in [0.2, 0.25) is 5.91 Å². The van der Waals surface area contributed by atoms with Gasteiger partial charge in [0, 0.05) is 63.3 Å². The number of carbonyl (C=O) groups excluding carboxylic acids is 2. The summed E-state index contributed by atoms with van der Waals surface area (Å²) in [7, 11) is 2.60. The number of fused-ring (bicyclic) bond motifs is 3. The minimum atomic E-state index is -3.98. The van der Waals surface area contributed by atoms with Crippen LogP contribution in [0.25, 0.3) is 22.2 Å². The molecule has 2 saturated heterocycles. The summed E-state index contributed by atoms with van der Waals surface area (Å²) < 4.78 is 36.2. The van der Waals surface area contributed by atoms with Gasteiger partial charge in [0.15, 0.2) is 0 Å². The van der Waals surface area contributed by atoms with Crippen molar-refractivity contribution in [2.24, 2.45) is 5.41 Å². The van der Waals surface area contributed by atoms with Gasteiger partial charge in [0.1, 0.15) is 5.75 Å². The molecule has 12 heteroatoms. The Morgan fingerprint density at radius 1 is 1.00 bits per heavy atom. The van der Waals surface area contributed by atoms with E-state index in [1.807, 2.05) is 24.3 Å². The van der Waals surface area contributed by atoms with Gasteiger partial charge in [-0.1, -0.05) is 25.3 Å². The van der Waals surface area contributed by atoms with E-state index in [4.69, 9.17) is 4.74 Å². The molecule has 258 valence electrons. The molecule has 4 aliphatic rings. The first kappa shape index (κ1) is 33.1. The zero-order valence-corrected chi connectivity index (χ0v) is 29.3. The number of aromatic nitrogens is 1. The highest BCUT2D eigenvalue weighted by atomic mass is 32.2. The Labute approximate surface area is 283 Å². The normalized spacial score (nSPS) is 23.0. The quantitative estimate of drug-likeness (QED) is 0.355. The van der Waals surface area contributed by atoms with E-state index in [1.54, 1.807) is 13.2 Å². The minimum absolute atomic E-state index is 0.140. The number of carbonyl (C=O) groups is 2. The lowest BCUT2D eigenvalue weighted by molar-refractivity contribution is -0.148. The Kier molecular flexibility index (Phi) is 8.80. The molecule has 2 aliphatic heterocycles. The second-order valence-corrected chi connectivity index (χ2v) is 16.4. The largest absolute Gasteiger partial charge is 0.497 e. The highest BCUT2D eigenvalue weighted by Crippen LogP contribution is 2.53. The lowest BCUT2D eigenvalue weighted by Crippen LogP contribution is -2.69. The van der Waals surface area contributed by atoms with E-state index in [9.17, 15) is 18.0 Å². The summed E-state index contributed by atoms with van der Waals surface area (Å²) in [5.74, 6) is 0.659. The molecule has 2 aliphatic carbocycles. The van der Waals surface area contributed by atoms with Crippen molar-refractivity contribution in [2.75, 3.05) is 54.4 Å². The van der Waals surface area contributed by atoms with Gasteiger partial charge in [0.25, 0.3) is 5.91 Å². The van der Waals surface area contributed by atoms with Crippen LogP contribution in [0.1, 0.15) is 66.8 Å². The molecule has 3 aromatic rings. The number of nitrogens with one attached hydrogen (secondary N) is 2. The van der Waals surface area contributed by atoms with Crippen LogP contribution in [-0.2, 0) is 21.5 Å². The molecule has 2 saturated carbocycles. The first-order valence-corrected chi connectivity index (χ1v) is 18.7. The van der Waals surface area contributed by atoms with Crippen LogP contribution in [0.3, 0.4) is 0 Å². The maximum Gasteiger partial charge on any atom is 0.303 e. The van der Waals surface area contributed by atoms with Crippen molar-refractivity contribution < 1.29 is 22.7 Å². The molecule has 4 fully saturated rings. The van der Waals surface area contributed by atoms with Gasteiger partial charge in [-0.15, -0.1) is 0 Å². The summed E-state index contributed by atoms with van der Waals surface area (Å²) >= 11 is 0. The number of amides is 2. The summed E-state index contributed by atoms with van der Waals surface area (Å²) in [4.78, 5) is 32.6. The molecule has 7 rings (SSSR count). The van der Waals surface area contributed by atoms with Crippen molar-refractivity contribution in [1.29, 1.82) is 0 Å². The number of hydrogen-bond acceptors (Lipinski definition) is 7. The number of hydrogen-bond donors (Lipinski definition) is 2. The van der Waals surface area contributed by atoms with E-state index >= 15 is 0 Å². The second-order valence-electron chi connectivity index (χ2n) is 14.5. The van der Waals surface area contributed by atoms with E-state index < -0.39 is 21.5 Å². The van der Waals surface area contributed by atoms with E-state index in [0.29, 0.717) is 12.5 Å². The van der Waals surface area contributed by atoms with Crippen LogP contribution in [0.2, 0.25) is 0 Å². The number of likely N-dealkylation sites (N-methyl/N-ethyl adjacent to an activating group) is 1. The van der Waals surface area contributed by atoms with Crippen LogP contribution in [-0.4, -0.2) is 105 Å². The number of nitrogens with zero attached hydrogens (tertiary/aromatic N) is 4. The minimum Gasteiger partial charge on any atom is -0.497 e. The van der Waals surface area contributed by atoms with Gasteiger partial charge in [-0.2, -0.15) is 12.7 Å². The fourth-order valence-corrected chi connectivity index (χ4v) is 8.86. The molecule has 2 unspecified atom stereocenters. The van der Waals surface area contributed by atoms with Crippen molar-refractivity contribution in [3.63, 3.8) is 0 Å². The van der Waals surface area contributed by atoms with E-state index in [2.05, 4.69) is 43.6 Å². The summed E-state index contributed by atoms with van der Waals surface area (Å²) in [5.41, 5.74) is 3.96. The SMILES string of the molecule is COc1ccc(-c2c(C3CCCCC3)c3ccc(C(=O)NS(=O)(=O)N(C)C)cc3n2CC2(C(=O)N3C4CNCC3CN(C)C4)CC2)cc1. The third-order valence-corrected chi connectivity index (χ3v) is 12.4. The van der Waals surface area contributed by atoms with Gasteiger partial charge >= 0.3 is 10.2 Å². The van der Waals surface area contributed by atoms with Crippen LogP contribution >= 0.6 is 0 Å². The van der Waals surface area contributed by atoms with Crippen molar-refractivity contribution >= 4 is 32.9 Å². The maximum atomic E-state index is 14.7. The summed E-state index contributed by atoms with van der Waals surface area (Å²) in [6.45, 7) is 3.81. The van der Waals surface area contributed by atoms with Gasteiger partial charge < -0.3 is 24.4 Å². The van der Waals surface area contributed by atoms with E-state index in [-0.39, 0.29) is 23.6 Å². The number of benzene rings is 2. The first-order chi connectivity index (χ1) is 23.0. The Bertz CT molecular complexity index is 1800. The fourth-order valence-electron chi connectivity index (χ4n) is 8.32. The molecule has 2 amide bonds. The Hall–Kier alpha value is -3.45. The van der Waals surface area contributed by atoms with Crippen molar-refractivity contribution in [3.8, 4) is 17.0 Å². The average Bonchev–Trinajstić information content (AvgIpc) is 3.79. The Balaban J connectivity index is 1.37. The third-order valence-electron chi connectivity index (χ3n) is 11.0. The molecule has 11 nitrogen and oxygen atoms in total. The lowest BCUT2D eigenvalue weighted by Gasteiger charge is -2.50. The maximum absolute atomic E-state index is 14.7. The molecule has 1 aromatic heterocycles. The number of rotatable bonds is 9. The molecule has 2 aromatic carbocycles. The van der Waals surface area contributed by atoms with Gasteiger partial charge in [-0.3, -0.25) is 9.59 Å². The van der Waals surface area contributed by atoms with Crippen LogP contribution in [0.15, 0.2) is 42.5 Å². The van der Waals surface area contributed by atoms with E-state index in [0.717, 1.165) is 96.9 Å². The number of piperazine rings is 2. The van der Waals surface area contributed by atoms with Gasteiger partial charge in [-0.05, 0) is 86.2 Å². The van der Waals surface area contributed by atoms with Crippen LogP contribution in [0.5, 0.6) is 5.75 Å². The first-order valence-electron chi connectivity index (χ1n) is 17.3. The smallest absolute Gasteiger partial charge is 0.303 e. The van der Waals surface area contributed by atoms with Crippen molar-refractivity contribution in [3.05, 3.63) is 53.6 Å². The molecule has 3 heterocycles. The van der Waals surface area contributed by atoms with Crippen molar-refractivity contribution in [2.45, 2.75) is 69.5 Å². The lowest BCUT2D eigenvalue weighted by atomic mass is 9.81. The summed E-state index contributed by atoms with van der Waals surface area (Å²) in [5, 5.41) is 4.60. The van der Waals surface area contributed by atoms with Crippen LogP contribution in [0.4, 0.5) is 0 Å². The zero-order valence-electron chi connectivity index (χ0n) is 28.5. The molecule has 2 bridgehead atoms. The second kappa shape index (κ2) is 12.8. The van der Waals surface area contributed by atoms with Crippen LogP contribution < -0.4 is 14.8 Å². The highest BCUT2D eigenvalue weighted by Gasteiger charge is 2.55. The monoisotopic (exact) mass is 676 g/mol. The Morgan fingerprint density at radius 2 is 1.67 bits per heavy atom.